The highest BCUT2D eigenvalue weighted by Crippen LogP contribution is 2.46. The molecule has 2 aliphatic carbocycles. The molecule has 0 N–H and O–H groups in total. The van der Waals surface area contributed by atoms with Crippen LogP contribution in [0.1, 0.15) is 50.4 Å². The Morgan fingerprint density at radius 2 is 1.92 bits per heavy atom. The maximum absolute atomic E-state index is 12.7. The van der Waals surface area contributed by atoms with Gasteiger partial charge in [0.2, 0.25) is 5.91 Å². The van der Waals surface area contributed by atoms with Crippen molar-refractivity contribution in [1.82, 2.24) is 14.8 Å². The zero-order chi connectivity index (χ0) is 16.7. The number of hydrogen-bond acceptors (Lipinski definition) is 4. The van der Waals surface area contributed by atoms with E-state index in [2.05, 4.69) is 14.8 Å². The molecule has 6 heteroatoms. The lowest BCUT2D eigenvalue weighted by molar-refractivity contribution is -0.117. The van der Waals surface area contributed by atoms with Crippen molar-refractivity contribution >= 4 is 23.4 Å². The van der Waals surface area contributed by atoms with Crippen molar-refractivity contribution in [2.45, 2.75) is 55.0 Å². The summed E-state index contributed by atoms with van der Waals surface area (Å²) in [6, 6.07) is 10.3. The second kappa shape index (κ2) is 6.24. The Kier molecular flexibility index (Phi) is 4.08. The molecule has 1 aromatic heterocycles. The van der Waals surface area contributed by atoms with Gasteiger partial charge in [0.05, 0.1) is 5.25 Å². The van der Waals surface area contributed by atoms with Crippen LogP contribution in [0.2, 0.25) is 0 Å². The molecule has 126 valence electrons. The van der Waals surface area contributed by atoms with Gasteiger partial charge in [-0.3, -0.25) is 4.79 Å². The van der Waals surface area contributed by atoms with Crippen molar-refractivity contribution in [3.05, 3.63) is 36.2 Å². The molecule has 1 heterocycles. The van der Waals surface area contributed by atoms with E-state index in [0.29, 0.717) is 12.0 Å². The smallest absolute Gasteiger partial charge is 0.240 e. The number of carbonyl (C=O) groups is 1. The van der Waals surface area contributed by atoms with Gasteiger partial charge < -0.3 is 9.47 Å². The van der Waals surface area contributed by atoms with Crippen LogP contribution in [0.3, 0.4) is 0 Å². The maximum atomic E-state index is 12.7. The predicted molar refractivity (Wildman–Crippen MR) is 95.4 cm³/mol. The highest BCUT2D eigenvalue weighted by molar-refractivity contribution is 8.00. The minimum atomic E-state index is -0.191. The number of amides is 1. The third-order valence-electron chi connectivity index (χ3n) is 4.65. The average molecular weight is 342 g/mol. The topological polar surface area (TPSA) is 51.0 Å². The van der Waals surface area contributed by atoms with Gasteiger partial charge in [0, 0.05) is 24.7 Å². The Bertz CT molecular complexity index is 737. The average Bonchev–Trinajstić information content (AvgIpc) is 3.53. The van der Waals surface area contributed by atoms with Crippen molar-refractivity contribution in [2.24, 2.45) is 0 Å². The Hall–Kier alpha value is -1.82. The number of carbonyl (C=O) groups excluding carboxylic acids is 1. The van der Waals surface area contributed by atoms with Crippen molar-refractivity contribution in [3.8, 4) is 0 Å². The number of aromatic nitrogens is 3. The third kappa shape index (κ3) is 3.07. The fourth-order valence-corrected chi connectivity index (χ4v) is 3.94. The predicted octanol–water partition coefficient (Wildman–Crippen LogP) is 3.63. The molecule has 0 radical (unpaired) electrons. The molecule has 24 heavy (non-hydrogen) atoms. The molecular weight excluding hydrogens is 320 g/mol. The van der Waals surface area contributed by atoms with Crippen molar-refractivity contribution in [3.63, 3.8) is 0 Å². The molecule has 4 rings (SSSR count). The largest absolute Gasteiger partial charge is 0.315 e. The summed E-state index contributed by atoms with van der Waals surface area (Å²) in [5, 5.41) is 9.53. The van der Waals surface area contributed by atoms with E-state index < -0.39 is 0 Å². The zero-order valence-electron chi connectivity index (χ0n) is 14.1. The van der Waals surface area contributed by atoms with Crippen LogP contribution in [-0.2, 0) is 4.79 Å². The summed E-state index contributed by atoms with van der Waals surface area (Å²) < 4.78 is 2.30. The van der Waals surface area contributed by atoms with Gasteiger partial charge in [0.25, 0.3) is 0 Å². The standard InChI is InChI=1S/C18H22N4OS/c1-12(17(23)21(2)14-6-4-3-5-7-14)24-18-20-19-16(13-8-9-13)22(18)15-10-11-15/h3-7,12-13,15H,8-11H2,1-2H3. The van der Waals surface area contributed by atoms with Crippen LogP contribution in [0, 0.1) is 0 Å². The molecule has 5 nitrogen and oxygen atoms in total. The van der Waals surface area contributed by atoms with Gasteiger partial charge in [-0.15, -0.1) is 10.2 Å². The fraction of sp³-hybridized carbons (Fsp3) is 0.500. The summed E-state index contributed by atoms with van der Waals surface area (Å²) >= 11 is 1.53. The molecule has 0 saturated heterocycles. The van der Waals surface area contributed by atoms with E-state index in [1.54, 1.807) is 4.90 Å². The number of hydrogen-bond donors (Lipinski definition) is 0. The Morgan fingerprint density at radius 1 is 1.21 bits per heavy atom. The molecule has 2 aliphatic rings. The van der Waals surface area contributed by atoms with E-state index in [0.717, 1.165) is 16.7 Å². The second-order valence-electron chi connectivity index (χ2n) is 6.71. The van der Waals surface area contributed by atoms with E-state index in [1.165, 1.54) is 37.4 Å². The molecule has 1 aromatic carbocycles. The van der Waals surface area contributed by atoms with Gasteiger partial charge in [0.15, 0.2) is 5.16 Å². The van der Waals surface area contributed by atoms with Crippen molar-refractivity contribution < 1.29 is 4.79 Å². The first-order chi connectivity index (χ1) is 11.6. The van der Waals surface area contributed by atoms with E-state index >= 15 is 0 Å². The first-order valence-corrected chi connectivity index (χ1v) is 9.47. The van der Waals surface area contributed by atoms with Gasteiger partial charge in [-0.05, 0) is 44.7 Å². The number of anilines is 1. The molecule has 1 unspecified atom stereocenters. The third-order valence-corrected chi connectivity index (χ3v) is 5.69. The molecule has 1 atom stereocenters. The molecule has 2 saturated carbocycles. The SMILES string of the molecule is CC(Sc1nnc(C2CC2)n1C1CC1)C(=O)N(C)c1ccccc1. The fourth-order valence-electron chi connectivity index (χ4n) is 2.92. The van der Waals surface area contributed by atoms with Gasteiger partial charge >= 0.3 is 0 Å². The molecule has 0 aliphatic heterocycles. The molecule has 0 spiro atoms. The minimum absolute atomic E-state index is 0.0875. The Balaban J connectivity index is 1.50. The quantitative estimate of drug-likeness (QED) is 0.752. The summed E-state index contributed by atoms with van der Waals surface area (Å²) in [5.41, 5.74) is 0.914. The number of nitrogens with zero attached hydrogens (tertiary/aromatic N) is 4. The molecular formula is C18H22N4OS. The van der Waals surface area contributed by atoms with E-state index in [-0.39, 0.29) is 11.2 Å². The van der Waals surface area contributed by atoms with Crippen molar-refractivity contribution in [1.29, 1.82) is 0 Å². The van der Waals surface area contributed by atoms with Gasteiger partial charge in [0.1, 0.15) is 5.82 Å². The Morgan fingerprint density at radius 3 is 2.54 bits per heavy atom. The highest BCUT2D eigenvalue weighted by atomic mass is 32.2. The number of rotatable bonds is 6. The van der Waals surface area contributed by atoms with Gasteiger partial charge in [-0.1, -0.05) is 30.0 Å². The first kappa shape index (κ1) is 15.7. The Labute approximate surface area is 146 Å². The summed E-state index contributed by atoms with van der Waals surface area (Å²) in [5.74, 6) is 1.81. The summed E-state index contributed by atoms with van der Waals surface area (Å²) in [6.45, 7) is 1.95. The first-order valence-electron chi connectivity index (χ1n) is 8.59. The lowest BCUT2D eigenvalue weighted by Crippen LogP contribution is -2.33. The van der Waals surface area contributed by atoms with Crippen molar-refractivity contribution in [2.75, 3.05) is 11.9 Å². The normalized spacial score (nSPS) is 18.4. The van der Waals surface area contributed by atoms with Gasteiger partial charge in [-0.25, -0.2) is 0 Å². The van der Waals surface area contributed by atoms with Gasteiger partial charge in [-0.2, -0.15) is 0 Å². The van der Waals surface area contributed by atoms with Crippen LogP contribution in [0.15, 0.2) is 35.5 Å². The lowest BCUT2D eigenvalue weighted by atomic mass is 10.3. The highest BCUT2D eigenvalue weighted by Gasteiger charge is 2.37. The van der Waals surface area contributed by atoms with Crippen LogP contribution in [0.25, 0.3) is 0 Å². The molecule has 1 amide bonds. The van der Waals surface area contributed by atoms with E-state index in [1.807, 2.05) is 44.3 Å². The number of benzene rings is 1. The van der Waals surface area contributed by atoms with Crippen LogP contribution in [0.4, 0.5) is 5.69 Å². The summed E-state index contributed by atoms with van der Waals surface area (Å²) in [6.07, 6.45) is 4.86. The van der Waals surface area contributed by atoms with Crippen LogP contribution >= 0.6 is 11.8 Å². The lowest BCUT2D eigenvalue weighted by Gasteiger charge is -2.21. The van der Waals surface area contributed by atoms with E-state index in [4.69, 9.17) is 0 Å². The summed E-state index contributed by atoms with van der Waals surface area (Å²) in [4.78, 5) is 14.5. The molecule has 2 fully saturated rings. The minimum Gasteiger partial charge on any atom is -0.315 e. The molecule has 2 aromatic rings. The van der Waals surface area contributed by atoms with Crippen LogP contribution in [-0.4, -0.2) is 33.0 Å². The number of para-hydroxylation sites is 1. The van der Waals surface area contributed by atoms with E-state index in [9.17, 15) is 4.79 Å². The summed E-state index contributed by atoms with van der Waals surface area (Å²) in [7, 11) is 1.83. The van der Waals surface area contributed by atoms with Crippen LogP contribution in [0.5, 0.6) is 0 Å². The number of thioether (sulfide) groups is 1. The monoisotopic (exact) mass is 342 g/mol. The zero-order valence-corrected chi connectivity index (χ0v) is 14.9. The van der Waals surface area contributed by atoms with Crippen LogP contribution < -0.4 is 4.90 Å². The molecule has 0 bridgehead atoms. The maximum Gasteiger partial charge on any atom is 0.240 e. The second-order valence-corrected chi connectivity index (χ2v) is 8.02.